The summed E-state index contributed by atoms with van der Waals surface area (Å²) in [6.45, 7) is 2.48. The number of hydrogen-bond acceptors (Lipinski definition) is 6. The van der Waals surface area contributed by atoms with Crippen molar-refractivity contribution in [2.45, 2.75) is 26.2 Å². The Morgan fingerprint density at radius 1 is 1.18 bits per heavy atom. The SMILES string of the molecule is C/C=C\C(=C/Cc1ccc(-c2cc(C(=O)N3CCC(C(=O)O)CC3)nn2-c2ccccc2Cl)s1)S(C)(=O)=O. The second-order valence-corrected chi connectivity index (χ2v) is 12.6. The predicted molar refractivity (Wildman–Crippen MR) is 150 cm³/mol. The summed E-state index contributed by atoms with van der Waals surface area (Å²) < 4.78 is 25.7. The molecular formula is C27H28ClN3O5S2. The number of para-hydroxylation sites is 1. The Morgan fingerprint density at radius 2 is 1.89 bits per heavy atom. The molecule has 11 heteroatoms. The number of aromatic nitrogens is 2. The minimum Gasteiger partial charge on any atom is -0.481 e. The molecule has 1 aliphatic heterocycles. The number of carboxylic acid groups (broad SMARTS) is 1. The van der Waals surface area contributed by atoms with Gasteiger partial charge in [0.2, 0.25) is 0 Å². The van der Waals surface area contributed by atoms with Gasteiger partial charge in [0.1, 0.15) is 0 Å². The van der Waals surface area contributed by atoms with Crippen molar-refractivity contribution in [1.29, 1.82) is 0 Å². The molecule has 0 saturated carbocycles. The largest absolute Gasteiger partial charge is 0.481 e. The van der Waals surface area contributed by atoms with Crippen molar-refractivity contribution < 1.29 is 23.1 Å². The highest BCUT2D eigenvalue weighted by atomic mass is 35.5. The standard InChI is InChI=1S/C27H28ClN3O5S2/c1-3-6-20(38(2,35)36)11-9-19-10-12-25(37-19)24-17-22(29-31(24)23-8-5-4-7-21(23)28)26(32)30-15-13-18(14-16-30)27(33)34/h3-8,10-12,17-18H,9,13-16H2,1-2H3,(H,33,34)/b6-3-,20-11+. The summed E-state index contributed by atoms with van der Waals surface area (Å²) in [6, 6.07) is 12.8. The molecule has 3 aromatic rings. The highest BCUT2D eigenvalue weighted by Gasteiger charge is 2.29. The van der Waals surface area contributed by atoms with Crippen LogP contribution < -0.4 is 0 Å². The number of carbonyl (C=O) groups excluding carboxylic acids is 1. The third-order valence-electron chi connectivity index (χ3n) is 6.32. The monoisotopic (exact) mass is 573 g/mol. The van der Waals surface area contributed by atoms with Crippen LogP contribution in [0.25, 0.3) is 16.3 Å². The Hall–Kier alpha value is -3.21. The molecule has 1 fully saturated rings. The van der Waals surface area contributed by atoms with E-state index in [9.17, 15) is 23.1 Å². The van der Waals surface area contributed by atoms with Crippen LogP contribution in [0.4, 0.5) is 0 Å². The number of carbonyl (C=O) groups is 2. The normalized spacial score (nSPS) is 15.3. The Kier molecular flexibility index (Phi) is 8.54. The lowest BCUT2D eigenvalue weighted by Gasteiger charge is -2.29. The van der Waals surface area contributed by atoms with Crippen LogP contribution in [0.5, 0.6) is 0 Å². The molecule has 200 valence electrons. The second kappa shape index (κ2) is 11.7. The molecule has 0 radical (unpaired) electrons. The molecule has 4 rings (SSSR count). The fraction of sp³-hybridized carbons (Fsp3) is 0.296. The fourth-order valence-electron chi connectivity index (χ4n) is 4.29. The van der Waals surface area contributed by atoms with E-state index in [-0.39, 0.29) is 16.5 Å². The second-order valence-electron chi connectivity index (χ2n) is 9.03. The van der Waals surface area contributed by atoms with Crippen molar-refractivity contribution in [3.05, 3.63) is 81.2 Å². The highest BCUT2D eigenvalue weighted by molar-refractivity contribution is 7.94. The Labute approximate surface area is 230 Å². The van der Waals surface area contributed by atoms with Gasteiger partial charge in [-0.2, -0.15) is 5.10 Å². The number of benzene rings is 1. The van der Waals surface area contributed by atoms with Crippen molar-refractivity contribution in [3.8, 4) is 16.3 Å². The smallest absolute Gasteiger partial charge is 0.306 e. The summed E-state index contributed by atoms with van der Waals surface area (Å²) in [7, 11) is -3.34. The number of piperidine rings is 1. The van der Waals surface area contributed by atoms with Crippen LogP contribution in [0.15, 0.2) is 65.6 Å². The summed E-state index contributed by atoms with van der Waals surface area (Å²) in [5.74, 6) is -1.53. The molecule has 3 heterocycles. The number of amides is 1. The zero-order valence-corrected chi connectivity index (χ0v) is 23.4. The number of sulfone groups is 1. The molecule has 0 atom stereocenters. The van der Waals surface area contributed by atoms with E-state index in [4.69, 9.17) is 11.6 Å². The Bertz CT molecular complexity index is 1510. The molecule has 0 unspecified atom stereocenters. The summed E-state index contributed by atoms with van der Waals surface area (Å²) in [5.41, 5.74) is 1.55. The van der Waals surface area contributed by atoms with Gasteiger partial charge < -0.3 is 10.0 Å². The first-order valence-electron chi connectivity index (χ1n) is 12.1. The fourth-order valence-corrected chi connectivity index (χ4v) is 6.25. The molecule has 2 aromatic heterocycles. The van der Waals surface area contributed by atoms with E-state index in [1.54, 1.807) is 46.9 Å². The van der Waals surface area contributed by atoms with Gasteiger partial charge in [0.15, 0.2) is 15.5 Å². The summed E-state index contributed by atoms with van der Waals surface area (Å²) in [4.78, 5) is 28.3. The number of likely N-dealkylation sites (tertiary alicyclic amines) is 1. The minimum atomic E-state index is -3.34. The Morgan fingerprint density at radius 3 is 2.53 bits per heavy atom. The lowest BCUT2D eigenvalue weighted by molar-refractivity contribution is -0.143. The zero-order valence-electron chi connectivity index (χ0n) is 21.0. The average Bonchev–Trinajstić information content (AvgIpc) is 3.53. The number of allylic oxidation sites excluding steroid dienone is 3. The molecule has 0 bridgehead atoms. The van der Waals surface area contributed by atoms with Crippen LogP contribution in [0.1, 0.15) is 35.1 Å². The third kappa shape index (κ3) is 6.25. The topological polar surface area (TPSA) is 110 Å². The van der Waals surface area contributed by atoms with Crippen LogP contribution in [-0.2, 0) is 21.1 Å². The van der Waals surface area contributed by atoms with Crippen LogP contribution in [-0.4, -0.2) is 59.4 Å². The van der Waals surface area contributed by atoms with E-state index in [2.05, 4.69) is 5.10 Å². The first-order valence-corrected chi connectivity index (χ1v) is 15.2. The van der Waals surface area contributed by atoms with Crippen LogP contribution in [0.2, 0.25) is 5.02 Å². The van der Waals surface area contributed by atoms with E-state index in [0.29, 0.717) is 48.8 Å². The van der Waals surface area contributed by atoms with Crippen LogP contribution >= 0.6 is 22.9 Å². The highest BCUT2D eigenvalue weighted by Crippen LogP contribution is 2.33. The van der Waals surface area contributed by atoms with E-state index < -0.39 is 21.7 Å². The maximum absolute atomic E-state index is 13.3. The van der Waals surface area contributed by atoms with Crippen LogP contribution in [0.3, 0.4) is 0 Å². The van der Waals surface area contributed by atoms with Crippen molar-refractivity contribution in [1.82, 2.24) is 14.7 Å². The molecule has 1 N–H and O–H groups in total. The Balaban J connectivity index is 1.67. The van der Waals surface area contributed by atoms with E-state index in [0.717, 1.165) is 9.75 Å². The molecule has 1 amide bonds. The molecule has 1 aromatic carbocycles. The lowest BCUT2D eigenvalue weighted by Crippen LogP contribution is -2.40. The first kappa shape index (κ1) is 27.8. The van der Waals surface area contributed by atoms with Gasteiger partial charge in [-0.3, -0.25) is 9.59 Å². The lowest BCUT2D eigenvalue weighted by atomic mass is 9.97. The number of nitrogens with zero attached hydrogens (tertiary/aromatic N) is 3. The number of rotatable bonds is 8. The predicted octanol–water partition coefficient (Wildman–Crippen LogP) is 5.24. The molecular weight excluding hydrogens is 546 g/mol. The zero-order chi connectivity index (χ0) is 27.4. The van der Waals surface area contributed by atoms with Gasteiger partial charge in [-0.15, -0.1) is 11.3 Å². The van der Waals surface area contributed by atoms with Crippen molar-refractivity contribution >= 4 is 44.7 Å². The average molecular weight is 574 g/mol. The van der Waals surface area contributed by atoms with Gasteiger partial charge in [-0.25, -0.2) is 13.1 Å². The van der Waals surface area contributed by atoms with Gasteiger partial charge >= 0.3 is 5.97 Å². The van der Waals surface area contributed by atoms with E-state index in [1.807, 2.05) is 30.3 Å². The number of hydrogen-bond donors (Lipinski definition) is 1. The van der Waals surface area contributed by atoms with Crippen molar-refractivity contribution in [2.75, 3.05) is 19.3 Å². The quantitative estimate of drug-likeness (QED) is 0.369. The van der Waals surface area contributed by atoms with Crippen LogP contribution in [0, 0.1) is 5.92 Å². The number of halogens is 1. The minimum absolute atomic E-state index is 0.246. The van der Waals surface area contributed by atoms with Gasteiger partial charge in [-0.05, 0) is 56.2 Å². The van der Waals surface area contributed by atoms with Gasteiger partial charge in [-0.1, -0.05) is 35.9 Å². The summed E-state index contributed by atoms with van der Waals surface area (Å²) in [5, 5.41) is 14.4. The van der Waals surface area contributed by atoms with Gasteiger partial charge in [0, 0.05) is 30.6 Å². The van der Waals surface area contributed by atoms with Gasteiger partial charge in [0.05, 0.1) is 32.1 Å². The van der Waals surface area contributed by atoms with E-state index in [1.165, 1.54) is 17.6 Å². The third-order valence-corrected chi connectivity index (χ3v) is 8.93. The molecule has 38 heavy (non-hydrogen) atoms. The van der Waals surface area contributed by atoms with E-state index >= 15 is 0 Å². The molecule has 8 nitrogen and oxygen atoms in total. The maximum atomic E-state index is 13.3. The van der Waals surface area contributed by atoms with Crippen molar-refractivity contribution in [2.24, 2.45) is 5.92 Å². The molecule has 1 aliphatic rings. The first-order chi connectivity index (χ1) is 18.1. The van der Waals surface area contributed by atoms with Crippen molar-refractivity contribution in [3.63, 3.8) is 0 Å². The summed E-state index contributed by atoms with van der Waals surface area (Å²) >= 11 is 7.96. The molecule has 0 aliphatic carbocycles. The molecule has 1 saturated heterocycles. The number of carboxylic acids is 1. The summed E-state index contributed by atoms with van der Waals surface area (Å²) in [6.07, 6.45) is 7.38. The maximum Gasteiger partial charge on any atom is 0.306 e. The number of thiophene rings is 1. The number of aliphatic carboxylic acids is 1. The van der Waals surface area contributed by atoms with Gasteiger partial charge in [0.25, 0.3) is 5.91 Å². The molecule has 0 spiro atoms.